The Bertz CT molecular complexity index is 237. The normalized spacial score (nSPS) is 24.0. The smallest absolute Gasteiger partial charge is 0.308 e. The van der Waals surface area contributed by atoms with E-state index in [2.05, 4.69) is 0 Å². The average molecular weight is 201 g/mol. The Labute approximate surface area is 82.3 Å². The number of hydrogen-bond donors (Lipinski definition) is 2. The number of rotatable bonds is 4. The van der Waals surface area contributed by atoms with E-state index in [0.29, 0.717) is 6.42 Å². The van der Waals surface area contributed by atoms with E-state index in [9.17, 15) is 9.59 Å². The second-order valence-corrected chi connectivity index (χ2v) is 3.53. The molecule has 0 saturated carbocycles. The molecule has 0 aromatic heterocycles. The lowest BCUT2D eigenvalue weighted by molar-refractivity contribution is -0.141. The van der Waals surface area contributed by atoms with Gasteiger partial charge in [-0.15, -0.1) is 0 Å². The van der Waals surface area contributed by atoms with Gasteiger partial charge in [-0.25, -0.2) is 0 Å². The van der Waals surface area contributed by atoms with Crippen molar-refractivity contribution in [2.75, 3.05) is 13.2 Å². The predicted octanol–water partition coefficient (Wildman–Crippen LogP) is -0.310. The summed E-state index contributed by atoms with van der Waals surface area (Å²) in [5.74, 6) is -1.71. The van der Waals surface area contributed by atoms with Crippen LogP contribution in [-0.4, -0.2) is 46.2 Å². The zero-order valence-corrected chi connectivity index (χ0v) is 8.14. The van der Waals surface area contributed by atoms with Crippen molar-refractivity contribution in [3.63, 3.8) is 0 Å². The van der Waals surface area contributed by atoms with E-state index < -0.39 is 11.9 Å². The molecular formula is C9H15NO4. The van der Waals surface area contributed by atoms with Gasteiger partial charge in [-0.05, 0) is 6.42 Å². The van der Waals surface area contributed by atoms with Crippen molar-refractivity contribution in [1.82, 2.24) is 4.90 Å². The molecule has 2 N–H and O–H groups in total. The molecule has 0 radical (unpaired) electrons. The van der Waals surface area contributed by atoms with Crippen molar-refractivity contribution in [1.29, 1.82) is 0 Å². The molecular weight excluding hydrogens is 186 g/mol. The summed E-state index contributed by atoms with van der Waals surface area (Å²) in [5, 5.41) is 17.7. The zero-order valence-electron chi connectivity index (χ0n) is 8.14. The Morgan fingerprint density at radius 2 is 2.36 bits per heavy atom. The molecule has 1 aliphatic heterocycles. The summed E-state index contributed by atoms with van der Waals surface area (Å²) in [6.07, 6.45) is 0.709. The van der Waals surface area contributed by atoms with Crippen LogP contribution in [0.1, 0.15) is 19.8 Å². The van der Waals surface area contributed by atoms with Crippen LogP contribution in [0.25, 0.3) is 0 Å². The minimum Gasteiger partial charge on any atom is -0.481 e. The second kappa shape index (κ2) is 4.41. The van der Waals surface area contributed by atoms with Crippen LogP contribution in [-0.2, 0) is 9.59 Å². The number of likely N-dealkylation sites (tertiary alicyclic amines) is 1. The Morgan fingerprint density at radius 1 is 1.71 bits per heavy atom. The Kier molecular flexibility index (Phi) is 3.46. The molecule has 5 heteroatoms. The zero-order chi connectivity index (χ0) is 10.7. The van der Waals surface area contributed by atoms with Crippen molar-refractivity contribution >= 4 is 11.9 Å². The molecule has 1 heterocycles. The third kappa shape index (κ3) is 2.04. The summed E-state index contributed by atoms with van der Waals surface area (Å²) in [6, 6.07) is -0.230. The molecule has 2 unspecified atom stereocenters. The maximum Gasteiger partial charge on any atom is 0.308 e. The van der Waals surface area contributed by atoms with Gasteiger partial charge in [-0.2, -0.15) is 0 Å². The lowest BCUT2D eigenvalue weighted by Gasteiger charge is -2.24. The molecule has 14 heavy (non-hydrogen) atoms. The van der Waals surface area contributed by atoms with Crippen LogP contribution < -0.4 is 0 Å². The Balaban J connectivity index is 2.64. The monoisotopic (exact) mass is 201 g/mol. The van der Waals surface area contributed by atoms with E-state index in [1.54, 1.807) is 0 Å². The molecule has 0 spiro atoms. The minimum absolute atomic E-state index is 0.0613. The van der Waals surface area contributed by atoms with Gasteiger partial charge in [-0.3, -0.25) is 9.59 Å². The number of carbonyl (C=O) groups is 2. The predicted molar refractivity (Wildman–Crippen MR) is 48.6 cm³/mol. The fourth-order valence-electron chi connectivity index (χ4n) is 1.70. The first-order valence-corrected chi connectivity index (χ1v) is 4.73. The van der Waals surface area contributed by atoms with Gasteiger partial charge in [-0.1, -0.05) is 6.92 Å². The molecule has 0 aromatic carbocycles. The highest BCUT2D eigenvalue weighted by molar-refractivity contribution is 5.86. The van der Waals surface area contributed by atoms with Crippen molar-refractivity contribution in [3.05, 3.63) is 0 Å². The van der Waals surface area contributed by atoms with Crippen molar-refractivity contribution < 1.29 is 19.8 Å². The Morgan fingerprint density at radius 3 is 2.71 bits per heavy atom. The molecule has 1 aliphatic rings. The molecule has 1 saturated heterocycles. The highest BCUT2D eigenvalue weighted by Gasteiger charge is 2.36. The summed E-state index contributed by atoms with van der Waals surface area (Å²) in [7, 11) is 0. The standard InChI is InChI=1S/C9H15NO4/c1-2-7(5-11)10-4-6(9(13)14)3-8(10)12/h6-7,11H,2-5H2,1H3,(H,13,14). The van der Waals surface area contributed by atoms with Crippen molar-refractivity contribution in [2.24, 2.45) is 5.92 Å². The van der Waals surface area contributed by atoms with E-state index in [-0.39, 0.29) is 31.5 Å². The van der Waals surface area contributed by atoms with Crippen LogP contribution in [0.5, 0.6) is 0 Å². The van der Waals surface area contributed by atoms with Gasteiger partial charge >= 0.3 is 5.97 Å². The molecule has 1 rings (SSSR count). The Hall–Kier alpha value is -1.10. The number of aliphatic carboxylic acids is 1. The molecule has 0 aromatic rings. The number of aliphatic hydroxyl groups excluding tert-OH is 1. The topological polar surface area (TPSA) is 77.8 Å². The highest BCUT2D eigenvalue weighted by Crippen LogP contribution is 2.21. The summed E-state index contributed by atoms with van der Waals surface area (Å²) in [4.78, 5) is 23.5. The minimum atomic E-state index is -0.936. The average Bonchev–Trinajstić information content (AvgIpc) is 2.51. The van der Waals surface area contributed by atoms with E-state index in [1.807, 2.05) is 6.92 Å². The number of amides is 1. The largest absolute Gasteiger partial charge is 0.481 e. The van der Waals surface area contributed by atoms with E-state index in [1.165, 1.54) is 4.90 Å². The van der Waals surface area contributed by atoms with E-state index in [4.69, 9.17) is 10.2 Å². The van der Waals surface area contributed by atoms with Crippen LogP contribution in [0.2, 0.25) is 0 Å². The lowest BCUT2D eigenvalue weighted by Crippen LogP contribution is -2.39. The molecule has 2 atom stereocenters. The summed E-state index contributed by atoms with van der Waals surface area (Å²) >= 11 is 0. The molecule has 80 valence electrons. The van der Waals surface area contributed by atoms with Crippen LogP contribution in [0.4, 0.5) is 0 Å². The number of nitrogens with zero attached hydrogens (tertiary/aromatic N) is 1. The van der Waals surface area contributed by atoms with Crippen LogP contribution in [0.3, 0.4) is 0 Å². The number of carboxylic acid groups (broad SMARTS) is 1. The van der Waals surface area contributed by atoms with Gasteiger partial charge in [0.25, 0.3) is 0 Å². The van der Waals surface area contributed by atoms with Gasteiger partial charge < -0.3 is 15.1 Å². The first-order chi connectivity index (χ1) is 6.60. The first kappa shape index (κ1) is 11.0. The summed E-state index contributed by atoms with van der Waals surface area (Å²) < 4.78 is 0. The fraction of sp³-hybridized carbons (Fsp3) is 0.778. The van der Waals surface area contributed by atoms with Crippen LogP contribution in [0.15, 0.2) is 0 Å². The summed E-state index contributed by atoms with van der Waals surface area (Å²) in [5.41, 5.74) is 0. The number of aliphatic hydroxyl groups is 1. The van der Waals surface area contributed by atoms with E-state index in [0.717, 1.165) is 0 Å². The lowest BCUT2D eigenvalue weighted by atomic mass is 10.1. The van der Waals surface area contributed by atoms with Crippen LogP contribution >= 0.6 is 0 Å². The number of hydrogen-bond acceptors (Lipinski definition) is 3. The number of carbonyl (C=O) groups excluding carboxylic acids is 1. The van der Waals surface area contributed by atoms with Crippen molar-refractivity contribution in [2.45, 2.75) is 25.8 Å². The molecule has 5 nitrogen and oxygen atoms in total. The van der Waals surface area contributed by atoms with Crippen LogP contribution in [0, 0.1) is 5.92 Å². The molecule has 0 aliphatic carbocycles. The first-order valence-electron chi connectivity index (χ1n) is 4.73. The molecule has 1 fully saturated rings. The number of carboxylic acids is 1. The van der Waals surface area contributed by atoms with Gasteiger partial charge in [0.1, 0.15) is 0 Å². The van der Waals surface area contributed by atoms with Gasteiger partial charge in [0.2, 0.25) is 5.91 Å². The van der Waals surface area contributed by atoms with Gasteiger partial charge in [0.05, 0.1) is 18.6 Å². The maximum absolute atomic E-state index is 11.4. The third-order valence-corrected chi connectivity index (χ3v) is 2.63. The quantitative estimate of drug-likeness (QED) is 0.654. The maximum atomic E-state index is 11.4. The third-order valence-electron chi connectivity index (χ3n) is 2.63. The fourth-order valence-corrected chi connectivity index (χ4v) is 1.70. The summed E-state index contributed by atoms with van der Waals surface area (Å²) in [6.45, 7) is 1.99. The van der Waals surface area contributed by atoms with Gasteiger partial charge in [0, 0.05) is 13.0 Å². The van der Waals surface area contributed by atoms with E-state index >= 15 is 0 Å². The van der Waals surface area contributed by atoms with Crippen molar-refractivity contribution in [3.8, 4) is 0 Å². The second-order valence-electron chi connectivity index (χ2n) is 3.53. The highest BCUT2D eigenvalue weighted by atomic mass is 16.4. The van der Waals surface area contributed by atoms with Gasteiger partial charge in [0.15, 0.2) is 0 Å². The SMILES string of the molecule is CCC(CO)N1CC(C(=O)O)CC1=O. The molecule has 1 amide bonds. The molecule has 0 bridgehead atoms.